The zero-order chi connectivity index (χ0) is 11.8. The Bertz CT molecular complexity index is 396. The highest BCUT2D eigenvalue weighted by molar-refractivity contribution is 7.15. The molecule has 1 aromatic rings. The maximum Gasteiger partial charge on any atom is 0.250 e. The van der Waals surface area contributed by atoms with E-state index in [2.05, 4.69) is 22.4 Å². The number of anilines is 1. The quantitative estimate of drug-likeness (QED) is 0.632. The minimum absolute atomic E-state index is 0.183. The van der Waals surface area contributed by atoms with Crippen LogP contribution in [0.5, 0.6) is 0 Å². The molecule has 4 nitrogen and oxygen atoms in total. The SMILES string of the molecule is C/C=C/C=C/C(=O)Nc1nnc(CCC)s1. The van der Waals surface area contributed by atoms with Crippen molar-refractivity contribution < 1.29 is 4.79 Å². The fourth-order valence-electron chi connectivity index (χ4n) is 1.02. The Kier molecular flexibility index (Phi) is 5.42. The molecule has 5 heteroatoms. The van der Waals surface area contributed by atoms with Crippen molar-refractivity contribution in [3.63, 3.8) is 0 Å². The maximum atomic E-state index is 11.4. The molecule has 0 atom stereocenters. The number of carbonyl (C=O) groups excluding carboxylic acids is 1. The number of aryl methyl sites for hydroxylation is 1. The van der Waals surface area contributed by atoms with Gasteiger partial charge in [-0.15, -0.1) is 10.2 Å². The zero-order valence-corrected chi connectivity index (χ0v) is 10.3. The first-order valence-corrected chi connectivity index (χ1v) is 6.00. The fourth-order valence-corrected chi connectivity index (χ4v) is 1.86. The van der Waals surface area contributed by atoms with Crippen LogP contribution in [0.25, 0.3) is 0 Å². The number of hydrogen-bond donors (Lipinski definition) is 1. The third-order valence-corrected chi connectivity index (χ3v) is 2.61. The number of hydrogen-bond acceptors (Lipinski definition) is 4. The Balaban J connectivity index is 2.49. The van der Waals surface area contributed by atoms with Crippen LogP contribution >= 0.6 is 11.3 Å². The summed E-state index contributed by atoms with van der Waals surface area (Å²) in [5.41, 5.74) is 0. The van der Waals surface area contributed by atoms with Gasteiger partial charge in [0, 0.05) is 12.5 Å². The number of rotatable bonds is 5. The first-order valence-electron chi connectivity index (χ1n) is 5.19. The molecular formula is C11H15N3OS. The lowest BCUT2D eigenvalue weighted by molar-refractivity contribution is -0.111. The zero-order valence-electron chi connectivity index (χ0n) is 9.43. The average Bonchev–Trinajstić information content (AvgIpc) is 2.66. The largest absolute Gasteiger partial charge is 0.297 e. The molecule has 0 saturated heterocycles. The average molecular weight is 237 g/mol. The number of nitrogens with one attached hydrogen (secondary N) is 1. The van der Waals surface area contributed by atoms with E-state index in [-0.39, 0.29) is 5.91 Å². The maximum absolute atomic E-state index is 11.4. The van der Waals surface area contributed by atoms with Crippen LogP contribution in [-0.4, -0.2) is 16.1 Å². The highest BCUT2D eigenvalue weighted by Crippen LogP contribution is 2.16. The molecule has 1 aromatic heterocycles. The van der Waals surface area contributed by atoms with Crippen molar-refractivity contribution in [3.8, 4) is 0 Å². The molecule has 0 fully saturated rings. The van der Waals surface area contributed by atoms with E-state index in [1.165, 1.54) is 17.4 Å². The van der Waals surface area contributed by atoms with Gasteiger partial charge in [-0.1, -0.05) is 36.5 Å². The predicted octanol–water partition coefficient (Wildman–Crippen LogP) is 2.56. The van der Waals surface area contributed by atoms with Crippen LogP contribution in [0.4, 0.5) is 5.13 Å². The number of allylic oxidation sites excluding steroid dienone is 3. The van der Waals surface area contributed by atoms with Crippen LogP contribution in [-0.2, 0) is 11.2 Å². The summed E-state index contributed by atoms with van der Waals surface area (Å²) in [5.74, 6) is -0.183. The van der Waals surface area contributed by atoms with Crippen LogP contribution in [0.15, 0.2) is 24.3 Å². The molecule has 1 amide bonds. The van der Waals surface area contributed by atoms with Gasteiger partial charge in [0.05, 0.1) is 0 Å². The highest BCUT2D eigenvalue weighted by Gasteiger charge is 2.04. The first-order chi connectivity index (χ1) is 7.76. The third-order valence-electron chi connectivity index (χ3n) is 1.71. The summed E-state index contributed by atoms with van der Waals surface area (Å²) in [7, 11) is 0. The van der Waals surface area contributed by atoms with Crippen LogP contribution in [0.2, 0.25) is 0 Å². The van der Waals surface area contributed by atoms with Gasteiger partial charge in [-0.25, -0.2) is 0 Å². The van der Waals surface area contributed by atoms with Gasteiger partial charge in [0.25, 0.3) is 0 Å². The molecule has 0 aliphatic rings. The van der Waals surface area contributed by atoms with Crippen molar-refractivity contribution in [1.29, 1.82) is 0 Å². The van der Waals surface area contributed by atoms with E-state index < -0.39 is 0 Å². The summed E-state index contributed by atoms with van der Waals surface area (Å²) in [6, 6.07) is 0. The van der Waals surface area contributed by atoms with E-state index in [1.54, 1.807) is 12.2 Å². The second-order valence-corrected chi connectivity index (χ2v) is 4.19. The van der Waals surface area contributed by atoms with Crippen LogP contribution < -0.4 is 5.32 Å². The molecule has 0 aliphatic heterocycles. The van der Waals surface area contributed by atoms with Crippen molar-refractivity contribution in [2.24, 2.45) is 0 Å². The normalized spacial score (nSPS) is 11.4. The van der Waals surface area contributed by atoms with Gasteiger partial charge >= 0.3 is 0 Å². The molecule has 86 valence electrons. The van der Waals surface area contributed by atoms with Crippen LogP contribution in [0, 0.1) is 0 Å². The second kappa shape index (κ2) is 6.90. The summed E-state index contributed by atoms with van der Waals surface area (Å²) in [6.07, 6.45) is 8.73. The van der Waals surface area contributed by atoms with E-state index in [4.69, 9.17) is 0 Å². The number of nitrogens with zero attached hydrogens (tertiary/aromatic N) is 2. The molecule has 0 spiro atoms. The molecule has 0 radical (unpaired) electrons. The van der Waals surface area contributed by atoms with Crippen molar-refractivity contribution in [1.82, 2.24) is 10.2 Å². The van der Waals surface area contributed by atoms with Crippen LogP contribution in [0.1, 0.15) is 25.3 Å². The molecule has 1 N–H and O–H groups in total. The first kappa shape index (κ1) is 12.6. The Morgan fingerprint density at radius 2 is 2.25 bits per heavy atom. The standard InChI is InChI=1S/C11H15N3OS/c1-3-5-6-8-9(15)12-11-14-13-10(16-11)7-4-2/h3,5-6,8H,4,7H2,1-2H3,(H,12,14,15)/b5-3+,8-6+. The molecule has 1 rings (SSSR count). The van der Waals surface area contributed by atoms with Gasteiger partial charge in [0.15, 0.2) is 0 Å². The molecule has 1 heterocycles. The molecule has 16 heavy (non-hydrogen) atoms. The van der Waals surface area contributed by atoms with Gasteiger partial charge in [-0.05, 0) is 13.3 Å². The van der Waals surface area contributed by atoms with Gasteiger partial charge < -0.3 is 0 Å². The third kappa shape index (κ3) is 4.35. The van der Waals surface area contributed by atoms with Crippen molar-refractivity contribution in [2.45, 2.75) is 26.7 Å². The lowest BCUT2D eigenvalue weighted by Crippen LogP contribution is -2.07. The van der Waals surface area contributed by atoms with Crippen molar-refractivity contribution in [2.75, 3.05) is 5.32 Å². The highest BCUT2D eigenvalue weighted by atomic mass is 32.1. The lowest BCUT2D eigenvalue weighted by atomic mass is 10.4. The Morgan fingerprint density at radius 3 is 2.94 bits per heavy atom. The Hall–Kier alpha value is -1.49. The van der Waals surface area contributed by atoms with Gasteiger partial charge in [0.2, 0.25) is 11.0 Å². The molecule has 0 aromatic carbocycles. The topological polar surface area (TPSA) is 54.9 Å². The van der Waals surface area contributed by atoms with Crippen LogP contribution in [0.3, 0.4) is 0 Å². The number of carbonyl (C=O) groups is 1. The van der Waals surface area contributed by atoms with Gasteiger partial charge in [-0.3, -0.25) is 10.1 Å². The lowest BCUT2D eigenvalue weighted by Gasteiger charge is -1.92. The minimum atomic E-state index is -0.183. The van der Waals surface area contributed by atoms with E-state index in [1.807, 2.05) is 13.0 Å². The summed E-state index contributed by atoms with van der Waals surface area (Å²) in [4.78, 5) is 11.4. The van der Waals surface area contributed by atoms with E-state index in [9.17, 15) is 4.79 Å². The Morgan fingerprint density at radius 1 is 1.44 bits per heavy atom. The summed E-state index contributed by atoms with van der Waals surface area (Å²) >= 11 is 1.42. The molecule has 0 aliphatic carbocycles. The summed E-state index contributed by atoms with van der Waals surface area (Å²) in [6.45, 7) is 3.98. The Labute approximate surface area is 99.1 Å². The van der Waals surface area contributed by atoms with E-state index in [0.717, 1.165) is 17.8 Å². The summed E-state index contributed by atoms with van der Waals surface area (Å²) in [5, 5.41) is 12.0. The smallest absolute Gasteiger partial charge is 0.250 e. The predicted molar refractivity (Wildman–Crippen MR) is 66.5 cm³/mol. The number of aromatic nitrogens is 2. The van der Waals surface area contributed by atoms with Gasteiger partial charge in [0.1, 0.15) is 5.01 Å². The van der Waals surface area contributed by atoms with Crippen molar-refractivity contribution in [3.05, 3.63) is 29.3 Å². The van der Waals surface area contributed by atoms with E-state index in [0.29, 0.717) is 5.13 Å². The second-order valence-electron chi connectivity index (χ2n) is 3.13. The van der Waals surface area contributed by atoms with E-state index >= 15 is 0 Å². The molecule has 0 bridgehead atoms. The fraction of sp³-hybridized carbons (Fsp3) is 0.364. The molecule has 0 saturated carbocycles. The van der Waals surface area contributed by atoms with Crippen molar-refractivity contribution >= 4 is 22.4 Å². The van der Waals surface area contributed by atoms with Gasteiger partial charge in [-0.2, -0.15) is 0 Å². The minimum Gasteiger partial charge on any atom is -0.297 e. The molecule has 0 unspecified atom stereocenters. The summed E-state index contributed by atoms with van der Waals surface area (Å²) < 4.78 is 0. The number of amides is 1. The molecular weight excluding hydrogens is 222 g/mol. The monoisotopic (exact) mass is 237 g/mol.